The van der Waals surface area contributed by atoms with Crippen LogP contribution in [0.2, 0.25) is 6.55 Å². The fourth-order valence-electron chi connectivity index (χ4n) is 4.90. The fraction of sp³-hybridized carbons (Fsp3) is 0.902. The predicted molar refractivity (Wildman–Crippen MR) is 254 cm³/mol. The SMILES string of the molecule is CCC(C)O[Si](OC(C)CC)(OC(C)CC)O[Si](C)(O[Si](OC(C)CC)(OC(C)CC)OP(CCC#N)CCC#N)O[Si](OC(C)CC)(OC(C)CC)OP(CCC#N)CCC#N. The lowest BCUT2D eigenvalue weighted by molar-refractivity contribution is -0.0833. The molecule has 0 aliphatic heterocycles. The van der Waals surface area contributed by atoms with Crippen LogP contribution < -0.4 is 0 Å². The van der Waals surface area contributed by atoms with E-state index in [0.29, 0.717) is 69.6 Å². The summed E-state index contributed by atoms with van der Waals surface area (Å²) in [7, 11) is -21.2. The maximum atomic E-state index is 9.70. The average Bonchev–Trinajstić information content (AvgIpc) is 3.24. The maximum Gasteiger partial charge on any atom is 0.676 e. The molecule has 0 aliphatic carbocycles. The van der Waals surface area contributed by atoms with Gasteiger partial charge in [0.15, 0.2) is 0 Å². The first-order valence-electron chi connectivity index (χ1n) is 23.0. The smallest absolute Gasteiger partial charge is 0.349 e. The van der Waals surface area contributed by atoms with Crippen LogP contribution in [0.3, 0.4) is 0 Å². The minimum Gasteiger partial charge on any atom is -0.349 e. The third kappa shape index (κ3) is 25.2. The molecule has 7 unspecified atom stereocenters. The highest BCUT2D eigenvalue weighted by Crippen LogP contribution is 2.47. The summed E-state index contributed by atoms with van der Waals surface area (Å²) in [5.41, 5.74) is 0. The molecule has 16 nitrogen and oxygen atoms in total. The lowest BCUT2D eigenvalue weighted by Gasteiger charge is -2.45. The Bertz CT molecular complexity index is 1240. The Kier molecular flexibility index (Phi) is 33.2. The van der Waals surface area contributed by atoms with Crippen molar-refractivity contribution in [1.29, 1.82) is 21.0 Å². The predicted octanol–water partition coefficient (Wildman–Crippen LogP) is 11.1. The molecule has 0 aromatic rings. The highest BCUT2D eigenvalue weighted by molar-refractivity contribution is 7.54. The van der Waals surface area contributed by atoms with Crippen LogP contribution in [0, 0.1) is 45.3 Å². The zero-order chi connectivity index (χ0) is 48.1. The second-order valence-corrected chi connectivity index (χ2v) is 29.7. The van der Waals surface area contributed by atoms with Gasteiger partial charge in [-0.2, -0.15) is 21.0 Å². The molecule has 0 aliphatic rings. The highest BCUT2D eigenvalue weighted by Gasteiger charge is 2.68. The minimum atomic E-state index is -4.65. The molecular weight excluding hydrogens is 915 g/mol. The molecule has 0 saturated carbocycles. The van der Waals surface area contributed by atoms with E-state index < -0.39 is 95.0 Å². The molecule has 0 saturated heterocycles. The van der Waals surface area contributed by atoms with Gasteiger partial charge in [0.2, 0.25) is 0 Å². The van der Waals surface area contributed by atoms with E-state index in [0.717, 1.165) is 0 Å². The number of nitrogens with zero attached hydrogens (tertiary/aromatic N) is 4. The van der Waals surface area contributed by atoms with Crippen molar-refractivity contribution in [3.05, 3.63) is 0 Å². The van der Waals surface area contributed by atoms with Gasteiger partial charge in [-0.25, -0.2) is 0 Å². The molecule has 0 spiro atoms. The van der Waals surface area contributed by atoms with Crippen molar-refractivity contribution in [1.82, 2.24) is 0 Å². The molecule has 0 amide bonds. The summed E-state index contributed by atoms with van der Waals surface area (Å²) >= 11 is 0. The lowest BCUT2D eigenvalue weighted by atomic mass is 10.3. The third-order valence-corrected chi connectivity index (χ3v) is 28.8. The van der Waals surface area contributed by atoms with Crippen LogP contribution in [0.25, 0.3) is 0 Å². The van der Waals surface area contributed by atoms with Crippen molar-refractivity contribution in [2.24, 2.45) is 0 Å². The maximum absolute atomic E-state index is 9.70. The summed E-state index contributed by atoms with van der Waals surface area (Å²) in [6, 6.07) is 8.88. The van der Waals surface area contributed by atoms with Crippen LogP contribution in [0.15, 0.2) is 0 Å². The van der Waals surface area contributed by atoms with Crippen molar-refractivity contribution in [3.8, 4) is 24.3 Å². The molecule has 0 fully saturated rings. The quantitative estimate of drug-likeness (QED) is 0.0415. The van der Waals surface area contributed by atoms with Crippen LogP contribution in [-0.2, 0) is 51.8 Å². The molecule has 0 aromatic heterocycles. The van der Waals surface area contributed by atoms with Gasteiger partial charge in [-0.15, -0.1) is 0 Å². The molecule has 0 rings (SSSR count). The van der Waals surface area contributed by atoms with Crippen LogP contribution in [0.4, 0.5) is 0 Å². The number of nitriles is 4. The topological polar surface area (TPSA) is 206 Å². The highest BCUT2D eigenvalue weighted by atomic mass is 31.1. The second kappa shape index (κ2) is 33.6. The Morgan fingerprint density at radius 2 is 0.556 bits per heavy atom. The normalized spacial score (nSPS) is 19.1. The molecule has 63 heavy (non-hydrogen) atoms. The van der Waals surface area contributed by atoms with Gasteiger partial charge < -0.3 is 51.8 Å². The summed E-state index contributed by atoms with van der Waals surface area (Å²) in [5.74, 6) is 0. The van der Waals surface area contributed by atoms with Crippen molar-refractivity contribution < 1.29 is 51.8 Å². The van der Waals surface area contributed by atoms with Crippen LogP contribution >= 0.6 is 16.3 Å². The average molecular weight is 997 g/mol. The van der Waals surface area contributed by atoms with E-state index in [9.17, 15) is 21.0 Å². The lowest BCUT2D eigenvalue weighted by Crippen LogP contribution is -2.70. The number of hydrogen-bond donors (Lipinski definition) is 0. The zero-order valence-corrected chi connectivity index (χ0v) is 47.0. The Balaban J connectivity index is 8.91. The molecule has 22 heteroatoms. The first-order valence-corrected chi connectivity index (χ1v) is 33.4. The van der Waals surface area contributed by atoms with E-state index in [1.165, 1.54) is 0 Å². The van der Waals surface area contributed by atoms with Crippen molar-refractivity contribution >= 4 is 52.2 Å². The Morgan fingerprint density at radius 3 is 0.746 bits per heavy atom. The van der Waals surface area contributed by atoms with Crippen LogP contribution in [-0.4, -0.2) is 103 Å². The molecular formula is C41H82N4O12P2Si4. The van der Waals surface area contributed by atoms with Gasteiger partial charge in [-0.1, -0.05) is 48.5 Å². The molecule has 0 radical (unpaired) electrons. The summed E-state index contributed by atoms with van der Waals surface area (Å²) < 4.78 is 84.3. The summed E-state index contributed by atoms with van der Waals surface area (Å²) in [5, 5.41) is 38.8. The molecule has 0 heterocycles. The standard InChI is InChI=1S/C41H82N4O12P2Si4/c1-16-35(8)46-61(47-36(9)17-2,48-37(10)18-3)55-60(15,56-62(49-38(11)19-4,50-39(12)20-5)53-58(31-23-27-42)32-24-28-43)57-63(51-40(13)21-6,52-41(14)22-7)54-59(33-25-29-44)34-26-30-45/h35-41H,16-26,31-34H2,1-15H3. The van der Waals surface area contributed by atoms with Crippen LogP contribution in [0.1, 0.15) is 168 Å². The molecule has 0 aromatic carbocycles. The van der Waals surface area contributed by atoms with Gasteiger partial charge >= 0.3 is 35.9 Å². The summed E-state index contributed by atoms with van der Waals surface area (Å²) in [4.78, 5) is 0. The van der Waals surface area contributed by atoms with E-state index in [-0.39, 0.29) is 25.7 Å². The van der Waals surface area contributed by atoms with E-state index in [4.69, 9.17) is 51.8 Å². The molecule has 7 atom stereocenters. The Hall–Kier alpha value is -0.792. The van der Waals surface area contributed by atoms with E-state index in [1.54, 1.807) is 6.55 Å². The van der Waals surface area contributed by atoms with Crippen molar-refractivity contribution in [3.63, 3.8) is 0 Å². The number of rotatable bonds is 39. The summed E-state index contributed by atoms with van der Waals surface area (Å²) in [6.45, 7) is 28.9. The Labute approximate surface area is 389 Å². The monoisotopic (exact) mass is 996 g/mol. The first-order chi connectivity index (χ1) is 29.8. The Morgan fingerprint density at radius 1 is 0.365 bits per heavy atom. The van der Waals surface area contributed by atoms with Crippen molar-refractivity contribution in [2.45, 2.75) is 217 Å². The van der Waals surface area contributed by atoms with Gasteiger partial charge in [-0.3, -0.25) is 0 Å². The van der Waals surface area contributed by atoms with E-state index in [1.807, 2.05) is 96.9 Å². The molecule has 364 valence electrons. The second-order valence-electron chi connectivity index (χ2n) is 15.7. The summed E-state index contributed by atoms with van der Waals surface area (Å²) in [6.07, 6.45) is 3.05. The fourth-order valence-corrected chi connectivity index (χ4v) is 25.7. The largest absolute Gasteiger partial charge is 0.676 e. The van der Waals surface area contributed by atoms with Gasteiger partial charge in [0.1, 0.15) is 0 Å². The van der Waals surface area contributed by atoms with E-state index in [2.05, 4.69) is 24.3 Å². The molecule has 0 bridgehead atoms. The minimum absolute atomic E-state index is 0.171. The van der Waals surface area contributed by atoms with Gasteiger partial charge in [0.05, 0.1) is 24.3 Å². The zero-order valence-electron chi connectivity index (χ0n) is 41.2. The third-order valence-electron chi connectivity index (χ3n) is 9.75. The molecule has 0 N–H and O–H groups in total. The first kappa shape index (κ1) is 62.2. The van der Waals surface area contributed by atoms with Gasteiger partial charge in [0, 0.05) is 116 Å². The van der Waals surface area contributed by atoms with E-state index >= 15 is 0 Å². The van der Waals surface area contributed by atoms with Gasteiger partial charge in [0.25, 0.3) is 0 Å². The number of hydrogen-bond acceptors (Lipinski definition) is 16. The van der Waals surface area contributed by atoms with Crippen LogP contribution in [0.5, 0.6) is 0 Å². The van der Waals surface area contributed by atoms with Crippen molar-refractivity contribution in [2.75, 3.05) is 24.6 Å². The van der Waals surface area contributed by atoms with Gasteiger partial charge in [-0.05, 0) is 93.4 Å².